The van der Waals surface area contributed by atoms with E-state index in [4.69, 9.17) is 14.1 Å². The zero-order valence-electron chi connectivity index (χ0n) is 18.7. The molecule has 0 spiro atoms. The summed E-state index contributed by atoms with van der Waals surface area (Å²) in [6.07, 6.45) is 2.19. The number of methoxy groups -OCH3 is 1. The molecular weight excluding hydrogens is 428 g/mol. The van der Waals surface area contributed by atoms with Gasteiger partial charge in [-0.2, -0.15) is 0 Å². The van der Waals surface area contributed by atoms with Crippen LogP contribution in [-0.4, -0.2) is 36.8 Å². The second-order valence-electron chi connectivity index (χ2n) is 8.59. The number of hydrogen-bond donors (Lipinski definition) is 2. The van der Waals surface area contributed by atoms with E-state index in [1.54, 1.807) is 12.0 Å². The van der Waals surface area contributed by atoms with Crippen molar-refractivity contribution >= 4 is 46.4 Å². The minimum absolute atomic E-state index is 0.242. The van der Waals surface area contributed by atoms with Crippen LogP contribution in [0.4, 0.5) is 16.2 Å². The van der Waals surface area contributed by atoms with Gasteiger partial charge in [-0.3, -0.25) is 15.0 Å². The van der Waals surface area contributed by atoms with E-state index in [1.165, 1.54) is 11.9 Å². The number of ether oxygens (including phenoxy) is 1. The third-order valence-corrected chi connectivity index (χ3v) is 5.73. The van der Waals surface area contributed by atoms with E-state index < -0.39 is 6.03 Å². The first-order chi connectivity index (χ1) is 15.2. The molecule has 0 atom stereocenters. The number of oxazole rings is 1. The minimum Gasteiger partial charge on any atom is -0.496 e. The largest absolute Gasteiger partial charge is 0.496 e. The number of nitrogens with one attached hydrogen (secondary N) is 2. The zero-order chi connectivity index (χ0) is 23.0. The number of carbonyl (C=O) groups excluding carboxylic acids is 2. The van der Waals surface area contributed by atoms with Crippen LogP contribution in [0.1, 0.15) is 32.8 Å². The molecule has 2 aromatic carbocycles. The molecule has 2 heterocycles. The molecule has 32 heavy (non-hydrogen) atoms. The quantitative estimate of drug-likeness (QED) is 0.527. The predicted octanol–water partition coefficient (Wildman–Crippen LogP) is 4.94. The van der Waals surface area contributed by atoms with Crippen molar-refractivity contribution in [3.8, 4) is 17.2 Å². The molecule has 0 bridgehead atoms. The summed E-state index contributed by atoms with van der Waals surface area (Å²) in [4.78, 5) is 30.4. The number of carbonyl (C=O) groups is 2. The summed E-state index contributed by atoms with van der Waals surface area (Å²) in [6.45, 7) is 6.53. The maximum atomic E-state index is 12.5. The average Bonchev–Trinajstić information content (AvgIpc) is 3.15. The van der Waals surface area contributed by atoms with Crippen molar-refractivity contribution < 1.29 is 18.7 Å². The summed E-state index contributed by atoms with van der Waals surface area (Å²) >= 11 is 1.50. The Kier molecular flexibility index (Phi) is 5.77. The van der Waals surface area contributed by atoms with Crippen molar-refractivity contribution in [2.24, 2.45) is 0 Å². The first-order valence-electron chi connectivity index (χ1n) is 10.2. The highest BCUT2D eigenvalue weighted by Crippen LogP contribution is 2.43. The van der Waals surface area contributed by atoms with Crippen LogP contribution < -0.4 is 19.7 Å². The number of benzene rings is 2. The van der Waals surface area contributed by atoms with Gasteiger partial charge in [-0.05, 0) is 35.7 Å². The van der Waals surface area contributed by atoms with E-state index in [-0.39, 0.29) is 17.7 Å². The van der Waals surface area contributed by atoms with Crippen LogP contribution in [-0.2, 0) is 10.2 Å². The van der Waals surface area contributed by atoms with E-state index in [9.17, 15) is 9.59 Å². The Bertz CT molecular complexity index is 1200. The van der Waals surface area contributed by atoms with Crippen LogP contribution in [0.3, 0.4) is 0 Å². The smallest absolute Gasteiger partial charge is 0.328 e. The molecule has 1 aliphatic heterocycles. The molecule has 9 heteroatoms. The van der Waals surface area contributed by atoms with Gasteiger partial charge < -0.3 is 13.9 Å². The predicted molar refractivity (Wildman–Crippen MR) is 127 cm³/mol. The number of urea groups is 1. The second-order valence-corrected chi connectivity index (χ2v) is 9.20. The van der Waals surface area contributed by atoms with Crippen LogP contribution in [0.2, 0.25) is 0 Å². The van der Waals surface area contributed by atoms with Gasteiger partial charge in [-0.15, -0.1) is 0 Å². The van der Waals surface area contributed by atoms with Gasteiger partial charge in [0.25, 0.3) is 0 Å². The Morgan fingerprint density at radius 1 is 1.22 bits per heavy atom. The lowest BCUT2D eigenvalue weighted by atomic mass is 9.84. The van der Waals surface area contributed by atoms with E-state index in [1.807, 2.05) is 36.6 Å². The van der Waals surface area contributed by atoms with Gasteiger partial charge in [-0.1, -0.05) is 32.7 Å². The monoisotopic (exact) mass is 454 g/mol. The van der Waals surface area contributed by atoms with E-state index in [0.29, 0.717) is 40.5 Å². The molecule has 4 rings (SSSR count). The van der Waals surface area contributed by atoms with Gasteiger partial charge in [0, 0.05) is 36.2 Å². The van der Waals surface area contributed by atoms with Crippen molar-refractivity contribution in [2.75, 3.05) is 29.5 Å². The first-order valence-corrected chi connectivity index (χ1v) is 11.5. The Labute approximate surface area is 190 Å². The number of aromatic nitrogens is 1. The van der Waals surface area contributed by atoms with Crippen LogP contribution in [0.25, 0.3) is 22.6 Å². The normalized spacial score (nSPS) is 14.6. The van der Waals surface area contributed by atoms with Crippen molar-refractivity contribution in [2.45, 2.75) is 32.6 Å². The Morgan fingerprint density at radius 3 is 2.66 bits per heavy atom. The van der Waals surface area contributed by atoms with Crippen LogP contribution in [0, 0.1) is 0 Å². The SMILES string of the molecule is COc1c(-c2nc3cc(NSC)ccc3o2)cc(N2CCC(=O)NC2=O)cc1C(C)(C)C. The highest BCUT2D eigenvalue weighted by atomic mass is 32.2. The second kappa shape index (κ2) is 8.38. The van der Waals surface area contributed by atoms with Gasteiger partial charge in [0.15, 0.2) is 5.58 Å². The molecule has 1 fully saturated rings. The highest BCUT2D eigenvalue weighted by molar-refractivity contribution is 7.99. The van der Waals surface area contributed by atoms with Gasteiger partial charge in [0.1, 0.15) is 11.3 Å². The molecule has 1 aliphatic rings. The Morgan fingerprint density at radius 2 is 2.00 bits per heavy atom. The number of anilines is 2. The number of fused-ring (bicyclic) bond motifs is 1. The molecule has 168 valence electrons. The molecule has 2 N–H and O–H groups in total. The third kappa shape index (κ3) is 4.12. The molecule has 3 amide bonds. The van der Waals surface area contributed by atoms with Gasteiger partial charge in [-0.25, -0.2) is 9.78 Å². The number of hydrogen-bond acceptors (Lipinski definition) is 7. The summed E-state index contributed by atoms with van der Waals surface area (Å²) in [5.74, 6) is 0.771. The maximum absolute atomic E-state index is 12.5. The molecule has 0 saturated carbocycles. The fourth-order valence-electron chi connectivity index (χ4n) is 3.74. The van der Waals surface area contributed by atoms with E-state index in [0.717, 1.165) is 11.3 Å². The minimum atomic E-state index is -0.442. The zero-order valence-corrected chi connectivity index (χ0v) is 19.6. The Hall–Kier alpha value is -3.20. The van der Waals surface area contributed by atoms with E-state index >= 15 is 0 Å². The molecule has 0 radical (unpaired) electrons. The van der Waals surface area contributed by atoms with Crippen LogP contribution >= 0.6 is 11.9 Å². The average molecular weight is 455 g/mol. The van der Waals surface area contributed by atoms with Crippen molar-refractivity contribution in [1.29, 1.82) is 0 Å². The van der Waals surface area contributed by atoms with Gasteiger partial charge in [0.05, 0.1) is 12.7 Å². The van der Waals surface area contributed by atoms with Crippen molar-refractivity contribution in [1.82, 2.24) is 10.3 Å². The van der Waals surface area contributed by atoms with Crippen molar-refractivity contribution in [3.63, 3.8) is 0 Å². The van der Waals surface area contributed by atoms with Crippen LogP contribution in [0.5, 0.6) is 5.75 Å². The third-order valence-electron chi connectivity index (χ3n) is 5.29. The lowest BCUT2D eigenvalue weighted by molar-refractivity contribution is -0.120. The number of imide groups is 1. The van der Waals surface area contributed by atoms with Gasteiger partial charge in [0.2, 0.25) is 11.8 Å². The summed E-state index contributed by atoms with van der Waals surface area (Å²) in [7, 11) is 1.61. The summed E-state index contributed by atoms with van der Waals surface area (Å²) < 4.78 is 15.1. The lowest BCUT2D eigenvalue weighted by Crippen LogP contribution is -2.49. The highest BCUT2D eigenvalue weighted by Gasteiger charge is 2.30. The molecule has 1 aromatic heterocycles. The molecular formula is C23H26N4O4S. The number of rotatable bonds is 5. The topological polar surface area (TPSA) is 96.7 Å². The van der Waals surface area contributed by atoms with Crippen LogP contribution in [0.15, 0.2) is 34.7 Å². The summed E-state index contributed by atoms with van der Waals surface area (Å²) in [6, 6.07) is 9.04. The number of amides is 3. The molecule has 0 aliphatic carbocycles. The standard InChI is InChI=1S/C23H26N4O4S/c1-23(2,3)16-12-14(27-9-8-19(28)25-22(27)29)11-15(20(16)30-4)21-24-17-10-13(26-32-5)6-7-18(17)31-21/h6-7,10-12,26H,8-9H2,1-5H3,(H,25,28,29). The molecule has 1 saturated heterocycles. The lowest BCUT2D eigenvalue weighted by Gasteiger charge is -2.30. The maximum Gasteiger partial charge on any atom is 0.328 e. The molecule has 3 aromatic rings. The summed E-state index contributed by atoms with van der Waals surface area (Å²) in [5, 5.41) is 2.38. The van der Waals surface area contributed by atoms with Crippen molar-refractivity contribution in [3.05, 3.63) is 35.9 Å². The molecule has 0 unspecified atom stereocenters. The summed E-state index contributed by atoms with van der Waals surface area (Å²) in [5.41, 5.74) is 4.22. The molecule has 8 nitrogen and oxygen atoms in total. The Balaban J connectivity index is 1.89. The number of nitrogens with zero attached hydrogens (tertiary/aromatic N) is 2. The van der Waals surface area contributed by atoms with Gasteiger partial charge >= 0.3 is 6.03 Å². The fourth-order valence-corrected chi connectivity index (χ4v) is 4.10. The van der Waals surface area contributed by atoms with E-state index in [2.05, 4.69) is 30.8 Å². The fraction of sp³-hybridized carbons (Fsp3) is 0.348. The first kappa shape index (κ1) is 22.0.